The molecule has 0 aliphatic carbocycles. The van der Waals surface area contributed by atoms with Gasteiger partial charge in [0.25, 0.3) is 5.91 Å². The number of halogens is 1. The summed E-state index contributed by atoms with van der Waals surface area (Å²) >= 11 is 5.93. The fourth-order valence-electron chi connectivity index (χ4n) is 3.23. The molecule has 35 heavy (non-hydrogen) atoms. The number of aryl methyl sites for hydroxylation is 1. The maximum atomic E-state index is 12.9. The van der Waals surface area contributed by atoms with Crippen LogP contribution in [-0.2, 0) is 20.9 Å². The van der Waals surface area contributed by atoms with Crippen LogP contribution in [0.3, 0.4) is 0 Å². The summed E-state index contributed by atoms with van der Waals surface area (Å²) in [5, 5.41) is 11.9. The molecule has 1 amide bonds. The number of furan rings is 1. The number of hydrogen-bond donors (Lipinski definition) is 0. The van der Waals surface area contributed by atoms with Gasteiger partial charge in [0.05, 0.1) is 6.54 Å². The molecular formula is C25H22ClN5O4. The van der Waals surface area contributed by atoms with Crippen LogP contribution in [0.1, 0.15) is 17.1 Å². The van der Waals surface area contributed by atoms with Gasteiger partial charge in [-0.1, -0.05) is 41.9 Å². The zero-order chi connectivity index (χ0) is 24.8. The molecule has 4 aromatic rings. The lowest BCUT2D eigenvalue weighted by Gasteiger charge is -2.16. The predicted octanol–water partition coefficient (Wildman–Crippen LogP) is 4.09. The van der Waals surface area contributed by atoms with E-state index in [1.54, 1.807) is 38.2 Å². The Kier molecular flexibility index (Phi) is 7.37. The smallest absolute Gasteiger partial charge is 0.357 e. The van der Waals surface area contributed by atoms with Crippen molar-refractivity contribution in [1.82, 2.24) is 25.1 Å². The third kappa shape index (κ3) is 6.01. The highest BCUT2D eigenvalue weighted by atomic mass is 35.5. The highest BCUT2D eigenvalue weighted by molar-refractivity contribution is 6.30. The number of carbonyl (C=O) groups excluding carboxylic acids is 2. The van der Waals surface area contributed by atoms with E-state index in [1.165, 1.54) is 9.58 Å². The van der Waals surface area contributed by atoms with E-state index in [-0.39, 0.29) is 12.2 Å². The number of likely N-dealkylation sites (N-methyl/N-ethyl adjacent to an activating group) is 1. The van der Waals surface area contributed by atoms with Crippen LogP contribution >= 0.6 is 11.6 Å². The van der Waals surface area contributed by atoms with Gasteiger partial charge in [-0.3, -0.25) is 4.79 Å². The fourth-order valence-corrected chi connectivity index (χ4v) is 3.36. The number of carbonyl (C=O) groups is 2. The molecule has 0 saturated heterocycles. The first kappa shape index (κ1) is 23.9. The van der Waals surface area contributed by atoms with Gasteiger partial charge in [0.2, 0.25) is 0 Å². The van der Waals surface area contributed by atoms with Crippen LogP contribution in [0.4, 0.5) is 0 Å². The molecule has 2 heterocycles. The third-order valence-corrected chi connectivity index (χ3v) is 5.35. The Hall–Kier alpha value is -4.24. The van der Waals surface area contributed by atoms with E-state index in [4.69, 9.17) is 20.8 Å². The van der Waals surface area contributed by atoms with E-state index in [1.807, 2.05) is 48.5 Å². The van der Waals surface area contributed by atoms with Gasteiger partial charge in [-0.05, 0) is 65.4 Å². The predicted molar refractivity (Wildman–Crippen MR) is 130 cm³/mol. The van der Waals surface area contributed by atoms with Gasteiger partial charge in [0.1, 0.15) is 11.5 Å². The van der Waals surface area contributed by atoms with Crippen molar-refractivity contribution in [3.63, 3.8) is 0 Å². The molecule has 2 aromatic carbocycles. The van der Waals surface area contributed by atoms with Crippen molar-refractivity contribution in [3.8, 4) is 11.3 Å². The molecule has 9 nitrogen and oxygen atoms in total. The Morgan fingerprint density at radius 1 is 1.09 bits per heavy atom. The van der Waals surface area contributed by atoms with E-state index in [0.717, 1.165) is 11.1 Å². The van der Waals surface area contributed by atoms with E-state index in [9.17, 15) is 9.59 Å². The van der Waals surface area contributed by atoms with Crippen LogP contribution in [-0.4, -0.2) is 50.6 Å². The standard InChI is InChI=1S/C25H22ClN5O4/c1-17-27-28-29-31(17)22(14-18-6-4-3-5-7-18)25(33)34-16-24(32)30(2)15-21-12-13-23(35-21)19-8-10-20(26)11-9-19/h3-14H,15-16H2,1-2H3/b22-14-. The maximum absolute atomic E-state index is 12.9. The number of tetrazole rings is 1. The largest absolute Gasteiger partial charge is 0.459 e. The molecule has 0 N–H and O–H groups in total. The summed E-state index contributed by atoms with van der Waals surface area (Å²) in [7, 11) is 1.60. The zero-order valence-corrected chi connectivity index (χ0v) is 19.8. The average Bonchev–Trinajstić information content (AvgIpc) is 3.51. The second kappa shape index (κ2) is 10.8. The lowest BCUT2D eigenvalue weighted by molar-refractivity contribution is -0.147. The number of esters is 1. The summed E-state index contributed by atoms with van der Waals surface area (Å²) in [6.45, 7) is 1.42. The van der Waals surface area contributed by atoms with Crippen LogP contribution in [0.5, 0.6) is 0 Å². The number of benzene rings is 2. The Bertz CT molecular complexity index is 1350. The molecule has 0 aliphatic rings. The van der Waals surface area contributed by atoms with Gasteiger partial charge >= 0.3 is 5.97 Å². The normalized spacial score (nSPS) is 11.3. The molecule has 0 atom stereocenters. The monoisotopic (exact) mass is 491 g/mol. The molecular weight excluding hydrogens is 470 g/mol. The van der Waals surface area contributed by atoms with Crippen LogP contribution in [0, 0.1) is 6.92 Å². The molecule has 0 saturated carbocycles. The van der Waals surface area contributed by atoms with Crippen LogP contribution < -0.4 is 0 Å². The topological polar surface area (TPSA) is 103 Å². The van der Waals surface area contributed by atoms with E-state index >= 15 is 0 Å². The molecule has 0 fully saturated rings. The highest BCUT2D eigenvalue weighted by Crippen LogP contribution is 2.24. The molecule has 10 heteroatoms. The maximum Gasteiger partial charge on any atom is 0.357 e. The number of hydrogen-bond acceptors (Lipinski definition) is 7. The van der Waals surface area contributed by atoms with Gasteiger partial charge in [-0.15, -0.1) is 5.10 Å². The molecule has 178 valence electrons. The van der Waals surface area contributed by atoms with Gasteiger partial charge < -0.3 is 14.1 Å². The first-order valence-corrected chi connectivity index (χ1v) is 11.1. The summed E-state index contributed by atoms with van der Waals surface area (Å²) < 4.78 is 12.4. The van der Waals surface area contributed by atoms with Gasteiger partial charge in [-0.2, -0.15) is 4.68 Å². The molecule has 0 spiro atoms. The van der Waals surface area contributed by atoms with Crippen molar-refractivity contribution in [1.29, 1.82) is 0 Å². The number of amides is 1. The molecule has 0 aliphatic heterocycles. The highest BCUT2D eigenvalue weighted by Gasteiger charge is 2.20. The lowest BCUT2D eigenvalue weighted by atomic mass is 10.2. The Labute approximate surface area is 206 Å². The minimum atomic E-state index is -0.728. The van der Waals surface area contributed by atoms with E-state index in [2.05, 4.69) is 15.5 Å². The van der Waals surface area contributed by atoms with Gasteiger partial charge in [0.15, 0.2) is 18.1 Å². The van der Waals surface area contributed by atoms with Crippen LogP contribution in [0.15, 0.2) is 71.1 Å². The third-order valence-electron chi connectivity index (χ3n) is 5.10. The molecule has 0 unspecified atom stereocenters. The summed E-state index contributed by atoms with van der Waals surface area (Å²) in [6, 6.07) is 20.1. The Morgan fingerprint density at radius 3 is 2.51 bits per heavy atom. The summed E-state index contributed by atoms with van der Waals surface area (Å²) in [6.07, 6.45) is 1.60. The second-order valence-electron chi connectivity index (χ2n) is 7.68. The zero-order valence-electron chi connectivity index (χ0n) is 19.1. The van der Waals surface area contributed by atoms with Crippen molar-refractivity contribution in [3.05, 3.63) is 88.9 Å². The van der Waals surface area contributed by atoms with Crippen molar-refractivity contribution in [2.75, 3.05) is 13.7 Å². The second-order valence-corrected chi connectivity index (χ2v) is 8.11. The molecule has 0 bridgehead atoms. The first-order valence-electron chi connectivity index (χ1n) is 10.7. The van der Waals surface area contributed by atoms with Crippen molar-refractivity contribution in [2.45, 2.75) is 13.5 Å². The summed E-state index contributed by atoms with van der Waals surface area (Å²) in [4.78, 5) is 26.9. The van der Waals surface area contributed by atoms with Crippen LogP contribution in [0.2, 0.25) is 5.02 Å². The van der Waals surface area contributed by atoms with Crippen molar-refractivity contribution >= 4 is 35.3 Å². The Balaban J connectivity index is 1.39. The minimum absolute atomic E-state index is 0.0905. The Morgan fingerprint density at radius 2 is 1.83 bits per heavy atom. The SMILES string of the molecule is Cc1nnnn1/C(=C\c1ccccc1)C(=O)OCC(=O)N(C)Cc1ccc(-c2ccc(Cl)cc2)o1. The van der Waals surface area contributed by atoms with Crippen LogP contribution in [0.25, 0.3) is 23.1 Å². The number of aromatic nitrogens is 4. The molecule has 2 aromatic heterocycles. The average molecular weight is 492 g/mol. The summed E-state index contributed by atoms with van der Waals surface area (Å²) in [5.41, 5.74) is 1.72. The van der Waals surface area contributed by atoms with Gasteiger partial charge in [-0.25, -0.2) is 4.79 Å². The fraction of sp³-hybridized carbons (Fsp3) is 0.160. The van der Waals surface area contributed by atoms with E-state index < -0.39 is 18.5 Å². The van der Waals surface area contributed by atoms with E-state index in [0.29, 0.717) is 22.4 Å². The number of nitrogens with zero attached hydrogens (tertiary/aromatic N) is 5. The number of rotatable bonds is 8. The van der Waals surface area contributed by atoms with Crippen molar-refractivity contribution < 1.29 is 18.7 Å². The molecule has 4 rings (SSSR count). The van der Waals surface area contributed by atoms with Gasteiger partial charge in [0, 0.05) is 17.6 Å². The molecule has 0 radical (unpaired) electrons. The first-order chi connectivity index (χ1) is 16.9. The minimum Gasteiger partial charge on any atom is -0.459 e. The quantitative estimate of drug-likeness (QED) is 0.270. The van der Waals surface area contributed by atoms with Crippen molar-refractivity contribution in [2.24, 2.45) is 0 Å². The lowest BCUT2D eigenvalue weighted by Crippen LogP contribution is -2.31. The number of ether oxygens (including phenoxy) is 1. The summed E-state index contributed by atoms with van der Waals surface area (Å²) in [5.74, 6) is 0.536.